The van der Waals surface area contributed by atoms with Crippen LogP contribution >= 0.6 is 0 Å². The highest BCUT2D eigenvalue weighted by atomic mass is 32.2. The number of rotatable bonds is 4. The lowest BCUT2D eigenvalue weighted by atomic mass is 10.0. The van der Waals surface area contributed by atoms with Gasteiger partial charge in [-0.2, -0.15) is 4.31 Å². The predicted molar refractivity (Wildman–Crippen MR) is 79.0 cm³/mol. The Bertz CT molecular complexity index is 647. The molecule has 1 amide bonds. The lowest BCUT2D eigenvalue weighted by Gasteiger charge is -2.26. The molecule has 22 heavy (non-hydrogen) atoms. The normalized spacial score (nSPS) is 22.3. The molecule has 0 radical (unpaired) electrons. The van der Waals surface area contributed by atoms with Gasteiger partial charge in [0, 0.05) is 13.6 Å². The minimum absolute atomic E-state index is 0.137. The Morgan fingerprint density at radius 2 is 2.00 bits per heavy atom. The Morgan fingerprint density at radius 3 is 2.55 bits per heavy atom. The second-order valence-electron chi connectivity index (χ2n) is 5.52. The van der Waals surface area contributed by atoms with Crippen molar-refractivity contribution in [3.63, 3.8) is 0 Å². The number of halogens is 1. The molecule has 1 fully saturated rings. The third-order valence-corrected chi connectivity index (χ3v) is 5.04. The van der Waals surface area contributed by atoms with Gasteiger partial charge in [0.25, 0.3) is 0 Å². The number of aliphatic hydroxyl groups excluding tert-OH is 1. The maximum atomic E-state index is 13.0. The number of carbonyl (C=O) groups excluding carboxylic acids is 1. The van der Waals surface area contributed by atoms with E-state index in [2.05, 4.69) is 0 Å². The van der Waals surface area contributed by atoms with Crippen LogP contribution in [0.3, 0.4) is 0 Å². The quantitative estimate of drug-likeness (QED) is 0.864. The number of amides is 1. The van der Waals surface area contributed by atoms with Crippen molar-refractivity contribution in [1.82, 2.24) is 9.21 Å². The van der Waals surface area contributed by atoms with Crippen LogP contribution in [0, 0.1) is 5.82 Å². The van der Waals surface area contributed by atoms with Crippen molar-refractivity contribution < 1.29 is 22.7 Å². The lowest BCUT2D eigenvalue weighted by molar-refractivity contribution is -0.132. The molecule has 122 valence electrons. The monoisotopic (exact) mass is 330 g/mol. The number of carbonyl (C=O) groups is 1. The molecule has 1 heterocycles. The largest absolute Gasteiger partial charge is 0.391 e. The maximum absolute atomic E-state index is 13.0. The summed E-state index contributed by atoms with van der Waals surface area (Å²) in [6.45, 7) is -0.151. The van der Waals surface area contributed by atoms with Crippen LogP contribution < -0.4 is 0 Å². The zero-order valence-electron chi connectivity index (χ0n) is 12.4. The van der Waals surface area contributed by atoms with Crippen LogP contribution in [0.15, 0.2) is 24.3 Å². The van der Waals surface area contributed by atoms with Gasteiger partial charge in [-0.1, -0.05) is 12.1 Å². The van der Waals surface area contributed by atoms with Crippen LogP contribution in [-0.2, 0) is 14.8 Å². The first-order chi connectivity index (χ1) is 10.2. The van der Waals surface area contributed by atoms with Crippen LogP contribution in [0.4, 0.5) is 4.39 Å². The second-order valence-corrected chi connectivity index (χ2v) is 7.61. The first kappa shape index (κ1) is 16.9. The van der Waals surface area contributed by atoms with Gasteiger partial charge in [0.05, 0.1) is 24.9 Å². The molecule has 1 aromatic carbocycles. The van der Waals surface area contributed by atoms with Gasteiger partial charge in [-0.3, -0.25) is 4.79 Å². The van der Waals surface area contributed by atoms with E-state index in [0.29, 0.717) is 12.0 Å². The van der Waals surface area contributed by atoms with E-state index < -0.39 is 16.1 Å². The molecular weight excluding hydrogens is 311 g/mol. The number of sulfonamides is 1. The molecule has 2 rings (SSSR count). The van der Waals surface area contributed by atoms with Crippen LogP contribution in [0.2, 0.25) is 0 Å². The van der Waals surface area contributed by atoms with Crippen LogP contribution in [-0.4, -0.2) is 61.1 Å². The fourth-order valence-electron chi connectivity index (χ4n) is 2.49. The van der Waals surface area contributed by atoms with Crippen LogP contribution in [0.5, 0.6) is 0 Å². The van der Waals surface area contributed by atoms with Crippen molar-refractivity contribution >= 4 is 15.9 Å². The predicted octanol–water partition coefficient (Wildman–Crippen LogP) is 0.351. The Hall–Kier alpha value is -1.51. The molecule has 2 unspecified atom stereocenters. The lowest BCUT2D eigenvalue weighted by Crippen LogP contribution is -2.41. The first-order valence-electron chi connectivity index (χ1n) is 6.83. The Morgan fingerprint density at radius 1 is 1.41 bits per heavy atom. The Balaban J connectivity index is 2.17. The van der Waals surface area contributed by atoms with Gasteiger partial charge < -0.3 is 10.0 Å². The zero-order chi connectivity index (χ0) is 16.5. The average molecular weight is 330 g/mol. The first-order valence-corrected chi connectivity index (χ1v) is 8.67. The Labute approximate surface area is 129 Å². The van der Waals surface area contributed by atoms with Crippen molar-refractivity contribution in [2.24, 2.45) is 0 Å². The van der Waals surface area contributed by atoms with Gasteiger partial charge in [0.1, 0.15) is 5.82 Å². The van der Waals surface area contributed by atoms with Crippen molar-refractivity contribution in [2.45, 2.75) is 18.6 Å². The Kier molecular flexibility index (Phi) is 4.84. The minimum atomic E-state index is -3.45. The molecule has 1 N–H and O–H groups in total. The molecule has 1 saturated heterocycles. The molecule has 1 aliphatic heterocycles. The fraction of sp³-hybridized carbons (Fsp3) is 0.500. The molecule has 6 nitrogen and oxygen atoms in total. The highest BCUT2D eigenvalue weighted by Gasteiger charge is 2.36. The van der Waals surface area contributed by atoms with Gasteiger partial charge >= 0.3 is 0 Å². The molecule has 0 aromatic heterocycles. The highest BCUT2D eigenvalue weighted by Crippen LogP contribution is 2.32. The third-order valence-electron chi connectivity index (χ3n) is 3.78. The summed E-state index contributed by atoms with van der Waals surface area (Å²) in [6.07, 6.45) is 0.693. The van der Waals surface area contributed by atoms with E-state index >= 15 is 0 Å². The number of hydrogen-bond acceptors (Lipinski definition) is 4. The van der Waals surface area contributed by atoms with Crippen LogP contribution in [0.25, 0.3) is 0 Å². The second kappa shape index (κ2) is 6.31. The number of nitrogens with zero attached hydrogens (tertiary/aromatic N) is 2. The number of benzene rings is 1. The minimum Gasteiger partial charge on any atom is -0.391 e. The van der Waals surface area contributed by atoms with Crippen LogP contribution in [0.1, 0.15) is 18.0 Å². The van der Waals surface area contributed by atoms with Gasteiger partial charge in [0.15, 0.2) is 0 Å². The summed E-state index contributed by atoms with van der Waals surface area (Å²) in [5.41, 5.74) is 0.716. The smallest absolute Gasteiger partial charge is 0.238 e. The average Bonchev–Trinajstić information content (AvgIpc) is 2.80. The third kappa shape index (κ3) is 3.82. The van der Waals surface area contributed by atoms with E-state index in [1.54, 1.807) is 12.1 Å². The molecule has 0 bridgehead atoms. The molecule has 1 aromatic rings. The fourth-order valence-corrected chi connectivity index (χ4v) is 2.83. The van der Waals surface area contributed by atoms with E-state index in [1.165, 1.54) is 24.1 Å². The van der Waals surface area contributed by atoms with Gasteiger partial charge in [0.2, 0.25) is 15.9 Å². The summed E-state index contributed by atoms with van der Waals surface area (Å²) in [5, 5.41) is 9.83. The molecule has 8 heteroatoms. The number of aliphatic hydroxyl groups is 1. The van der Waals surface area contributed by atoms with Gasteiger partial charge in [-0.15, -0.1) is 0 Å². The van der Waals surface area contributed by atoms with E-state index in [0.717, 1.165) is 10.6 Å². The van der Waals surface area contributed by atoms with E-state index in [9.17, 15) is 22.7 Å². The van der Waals surface area contributed by atoms with Crippen molar-refractivity contribution in [1.29, 1.82) is 0 Å². The SMILES string of the molecule is CN(CC(=O)N1CC(O)CC1c1ccc(F)cc1)S(C)(=O)=O. The molecule has 0 spiro atoms. The summed E-state index contributed by atoms with van der Waals surface area (Å²) in [4.78, 5) is 13.8. The summed E-state index contributed by atoms with van der Waals surface area (Å²) in [5.74, 6) is -0.768. The summed E-state index contributed by atoms with van der Waals surface area (Å²) in [7, 11) is -2.13. The molecule has 2 atom stereocenters. The topological polar surface area (TPSA) is 77.9 Å². The summed E-state index contributed by atoms with van der Waals surface area (Å²) >= 11 is 0. The number of β-amino-alcohol motifs (C(OH)–C–C–N with tert-alkyl or cyclic N) is 1. The zero-order valence-corrected chi connectivity index (χ0v) is 13.3. The standard InChI is InChI=1S/C14H19FN2O4S/c1-16(22(2,20)21)9-14(19)17-8-12(18)7-13(17)10-3-5-11(15)6-4-10/h3-6,12-13,18H,7-9H2,1-2H3. The van der Waals surface area contributed by atoms with E-state index in [-0.39, 0.29) is 30.9 Å². The molecular formula is C14H19FN2O4S. The van der Waals surface area contributed by atoms with Gasteiger partial charge in [-0.25, -0.2) is 12.8 Å². The van der Waals surface area contributed by atoms with E-state index in [1.807, 2.05) is 0 Å². The van der Waals surface area contributed by atoms with Crippen molar-refractivity contribution in [2.75, 3.05) is 26.4 Å². The maximum Gasteiger partial charge on any atom is 0.238 e. The number of likely N-dealkylation sites (N-methyl/N-ethyl adjacent to an activating group) is 1. The summed E-state index contributed by atoms with van der Waals surface area (Å²) in [6, 6.07) is 5.35. The van der Waals surface area contributed by atoms with E-state index in [4.69, 9.17) is 0 Å². The molecule has 0 saturated carbocycles. The molecule has 1 aliphatic rings. The van der Waals surface area contributed by atoms with Crippen molar-refractivity contribution in [3.05, 3.63) is 35.6 Å². The molecule has 0 aliphatic carbocycles. The highest BCUT2D eigenvalue weighted by molar-refractivity contribution is 7.88. The van der Waals surface area contributed by atoms with Gasteiger partial charge in [-0.05, 0) is 24.1 Å². The number of likely N-dealkylation sites (tertiary alicyclic amines) is 1. The summed E-state index contributed by atoms with van der Waals surface area (Å²) < 4.78 is 36.8. The van der Waals surface area contributed by atoms with Crippen molar-refractivity contribution in [3.8, 4) is 0 Å². The number of hydrogen-bond donors (Lipinski definition) is 1.